The van der Waals surface area contributed by atoms with Crippen molar-refractivity contribution in [2.24, 2.45) is 0 Å². The number of H-pyrrole nitrogens is 1. The fourth-order valence-corrected chi connectivity index (χ4v) is 1.07. The lowest BCUT2D eigenvalue weighted by molar-refractivity contribution is 0.481. The predicted octanol–water partition coefficient (Wildman–Crippen LogP) is 2.30. The summed E-state index contributed by atoms with van der Waals surface area (Å²) in [7, 11) is 0. The topological polar surface area (TPSA) is 36.0 Å². The molecular weight excluding hydrogens is 162 g/mol. The molecular formula is C8H8ClNO. The van der Waals surface area contributed by atoms with Crippen molar-refractivity contribution < 1.29 is 5.11 Å². The highest BCUT2D eigenvalue weighted by atomic mass is 35.5. The molecule has 0 aliphatic rings. The van der Waals surface area contributed by atoms with Crippen molar-refractivity contribution in [2.75, 3.05) is 0 Å². The smallest absolute Gasteiger partial charge is 0.124 e. The Morgan fingerprint density at radius 1 is 1.18 bits per heavy atom. The first-order valence-electron chi connectivity index (χ1n) is 3.12. The largest absolute Gasteiger partial charge is 0.507 e. The van der Waals surface area contributed by atoms with E-state index in [1.54, 1.807) is 12.3 Å². The van der Waals surface area contributed by atoms with Gasteiger partial charge in [-0.25, -0.2) is 0 Å². The number of aromatic nitrogens is 1. The van der Waals surface area contributed by atoms with E-state index in [1.165, 1.54) is 0 Å². The summed E-state index contributed by atoms with van der Waals surface area (Å²) in [6.07, 6.45) is 3.64. The second-order valence-electron chi connectivity index (χ2n) is 2.24. The Morgan fingerprint density at radius 3 is 2.73 bits per heavy atom. The first-order chi connectivity index (χ1) is 4.88. The summed E-state index contributed by atoms with van der Waals surface area (Å²) in [5.74, 6) is 0.332. The zero-order valence-electron chi connectivity index (χ0n) is 5.74. The van der Waals surface area contributed by atoms with Gasteiger partial charge in [0, 0.05) is 23.2 Å². The maximum absolute atomic E-state index is 9.24. The Morgan fingerprint density at radius 2 is 2.00 bits per heavy atom. The highest BCUT2D eigenvalue weighted by Gasteiger charge is 1.96. The van der Waals surface area contributed by atoms with E-state index in [2.05, 4.69) is 4.98 Å². The van der Waals surface area contributed by atoms with Crippen LogP contribution in [0.25, 0.3) is 10.8 Å². The van der Waals surface area contributed by atoms with Crippen LogP contribution in [0.15, 0.2) is 30.6 Å². The Balaban J connectivity index is 0.000000605. The molecule has 1 heterocycles. The molecule has 1 aromatic heterocycles. The third-order valence-electron chi connectivity index (χ3n) is 1.58. The zero-order valence-corrected chi connectivity index (χ0v) is 6.56. The van der Waals surface area contributed by atoms with Crippen molar-refractivity contribution in [2.45, 2.75) is 0 Å². The Bertz CT molecular complexity index is 356. The number of nitrogens with one attached hydrogen (secondary N) is 1. The number of aromatic hydroxyl groups is 1. The number of phenols is 1. The second-order valence-corrected chi connectivity index (χ2v) is 2.24. The van der Waals surface area contributed by atoms with Crippen LogP contribution < -0.4 is 0 Å². The van der Waals surface area contributed by atoms with Crippen LogP contribution in [0.1, 0.15) is 0 Å². The average Bonchev–Trinajstić information content (AvgIpc) is 2.36. The van der Waals surface area contributed by atoms with Gasteiger partial charge in [0.2, 0.25) is 0 Å². The summed E-state index contributed by atoms with van der Waals surface area (Å²) in [6, 6.07) is 5.45. The van der Waals surface area contributed by atoms with Gasteiger partial charge < -0.3 is 10.1 Å². The molecule has 58 valence electrons. The van der Waals surface area contributed by atoms with Gasteiger partial charge in [-0.15, -0.1) is 12.4 Å². The number of phenolic OH excluding ortho intramolecular Hbond substituents is 1. The Labute approximate surface area is 70.3 Å². The number of hydrogen-bond acceptors (Lipinski definition) is 1. The standard InChI is InChI=1S/C8H7NO.ClH/c10-8-3-1-2-6-4-9-5-7(6)8;/h1-5,9-10H;1H. The van der Waals surface area contributed by atoms with E-state index in [0.717, 1.165) is 10.8 Å². The quantitative estimate of drug-likeness (QED) is 0.624. The van der Waals surface area contributed by atoms with E-state index < -0.39 is 0 Å². The summed E-state index contributed by atoms with van der Waals surface area (Å²) in [5.41, 5.74) is 0. The molecule has 11 heavy (non-hydrogen) atoms. The van der Waals surface area contributed by atoms with E-state index in [4.69, 9.17) is 0 Å². The molecule has 0 aliphatic carbocycles. The van der Waals surface area contributed by atoms with Gasteiger partial charge in [-0.1, -0.05) is 12.1 Å². The molecule has 0 amide bonds. The molecule has 0 spiro atoms. The van der Waals surface area contributed by atoms with Gasteiger partial charge in [-0.3, -0.25) is 0 Å². The molecule has 2 N–H and O–H groups in total. The molecule has 2 nitrogen and oxygen atoms in total. The predicted molar refractivity (Wildman–Crippen MR) is 47.2 cm³/mol. The lowest BCUT2D eigenvalue weighted by Crippen LogP contribution is -1.63. The SMILES string of the molecule is Cl.Oc1cccc2c[nH]cc12. The number of halogens is 1. The number of hydrogen-bond donors (Lipinski definition) is 2. The van der Waals surface area contributed by atoms with E-state index in [0.29, 0.717) is 5.75 Å². The van der Waals surface area contributed by atoms with Gasteiger partial charge in [0.05, 0.1) is 0 Å². The maximum Gasteiger partial charge on any atom is 0.124 e. The fourth-order valence-electron chi connectivity index (χ4n) is 1.07. The van der Waals surface area contributed by atoms with Crippen molar-refractivity contribution in [1.29, 1.82) is 0 Å². The van der Waals surface area contributed by atoms with Gasteiger partial charge in [0.15, 0.2) is 0 Å². The van der Waals surface area contributed by atoms with Crippen molar-refractivity contribution in [3.8, 4) is 5.75 Å². The third kappa shape index (κ3) is 1.17. The molecule has 0 saturated carbocycles. The normalized spacial score (nSPS) is 9.45. The molecule has 0 radical (unpaired) electrons. The van der Waals surface area contributed by atoms with Crippen molar-refractivity contribution >= 4 is 23.2 Å². The average molecular weight is 170 g/mol. The summed E-state index contributed by atoms with van der Waals surface area (Å²) < 4.78 is 0. The molecule has 0 atom stereocenters. The summed E-state index contributed by atoms with van der Waals surface area (Å²) in [6.45, 7) is 0. The number of benzene rings is 1. The zero-order chi connectivity index (χ0) is 6.97. The highest BCUT2D eigenvalue weighted by molar-refractivity contribution is 5.87. The molecule has 0 bridgehead atoms. The van der Waals surface area contributed by atoms with Crippen molar-refractivity contribution in [3.05, 3.63) is 30.6 Å². The lowest BCUT2D eigenvalue weighted by atomic mass is 10.2. The van der Waals surface area contributed by atoms with E-state index in [9.17, 15) is 5.11 Å². The molecule has 1 aromatic carbocycles. The Hall–Kier alpha value is -1.15. The molecule has 0 unspecified atom stereocenters. The minimum absolute atomic E-state index is 0. The third-order valence-corrected chi connectivity index (χ3v) is 1.58. The van der Waals surface area contributed by atoms with Crippen molar-refractivity contribution in [3.63, 3.8) is 0 Å². The van der Waals surface area contributed by atoms with Crippen LogP contribution in [0.4, 0.5) is 0 Å². The van der Waals surface area contributed by atoms with Crippen LogP contribution >= 0.6 is 12.4 Å². The van der Waals surface area contributed by atoms with Crippen LogP contribution in [0.3, 0.4) is 0 Å². The van der Waals surface area contributed by atoms with Gasteiger partial charge in [-0.05, 0) is 6.07 Å². The van der Waals surface area contributed by atoms with E-state index in [-0.39, 0.29) is 12.4 Å². The van der Waals surface area contributed by atoms with Crippen LogP contribution in [0, 0.1) is 0 Å². The number of fused-ring (bicyclic) bond motifs is 1. The summed E-state index contributed by atoms with van der Waals surface area (Å²) in [5, 5.41) is 11.2. The van der Waals surface area contributed by atoms with Gasteiger partial charge in [0.1, 0.15) is 5.75 Å². The van der Waals surface area contributed by atoms with Crippen molar-refractivity contribution in [1.82, 2.24) is 4.98 Å². The maximum atomic E-state index is 9.24. The molecule has 3 heteroatoms. The van der Waals surface area contributed by atoms with Gasteiger partial charge in [-0.2, -0.15) is 0 Å². The number of rotatable bonds is 0. The van der Waals surface area contributed by atoms with Crippen LogP contribution in [0.2, 0.25) is 0 Å². The highest BCUT2D eigenvalue weighted by Crippen LogP contribution is 2.22. The first kappa shape index (κ1) is 7.95. The second kappa shape index (κ2) is 2.84. The lowest BCUT2D eigenvalue weighted by Gasteiger charge is -1.90. The van der Waals surface area contributed by atoms with Crippen LogP contribution in [0.5, 0.6) is 5.75 Å². The molecule has 0 fully saturated rings. The van der Waals surface area contributed by atoms with E-state index >= 15 is 0 Å². The molecule has 2 aromatic rings. The van der Waals surface area contributed by atoms with E-state index in [1.807, 2.05) is 18.3 Å². The summed E-state index contributed by atoms with van der Waals surface area (Å²) >= 11 is 0. The van der Waals surface area contributed by atoms with Crippen LogP contribution in [-0.4, -0.2) is 10.1 Å². The molecule has 0 aliphatic heterocycles. The molecule has 2 rings (SSSR count). The minimum Gasteiger partial charge on any atom is -0.507 e. The first-order valence-corrected chi connectivity index (χ1v) is 3.12. The monoisotopic (exact) mass is 169 g/mol. The number of aromatic amines is 1. The molecule has 0 saturated heterocycles. The summed E-state index contributed by atoms with van der Waals surface area (Å²) in [4.78, 5) is 2.92. The van der Waals surface area contributed by atoms with Crippen LogP contribution in [-0.2, 0) is 0 Å². The minimum atomic E-state index is 0. The fraction of sp³-hybridized carbons (Fsp3) is 0. The Kier molecular flexibility index (Phi) is 2.06. The van der Waals surface area contributed by atoms with Gasteiger partial charge >= 0.3 is 0 Å². The van der Waals surface area contributed by atoms with Gasteiger partial charge in [0.25, 0.3) is 0 Å².